The van der Waals surface area contributed by atoms with Crippen molar-refractivity contribution in [1.82, 2.24) is 4.98 Å². The zero-order valence-electron chi connectivity index (χ0n) is 11.4. The van der Waals surface area contributed by atoms with Crippen molar-refractivity contribution >= 4 is 21.5 Å². The number of ether oxygens (including phenoxy) is 1. The number of carbonyl (C=O) groups is 1. The van der Waals surface area contributed by atoms with Crippen LogP contribution in [-0.2, 0) is 21.1 Å². The van der Waals surface area contributed by atoms with Gasteiger partial charge in [0.25, 0.3) is 0 Å². The molecule has 1 aromatic carbocycles. The van der Waals surface area contributed by atoms with Gasteiger partial charge in [0, 0.05) is 18.1 Å². The molecule has 0 radical (unpaired) electrons. The van der Waals surface area contributed by atoms with Crippen LogP contribution in [0.15, 0.2) is 53.7 Å². The van der Waals surface area contributed by atoms with Gasteiger partial charge in [-0.15, -0.1) is 0 Å². The lowest BCUT2D eigenvalue weighted by atomic mass is 10.2. The Morgan fingerprint density at radius 1 is 1.33 bits per heavy atom. The van der Waals surface area contributed by atoms with E-state index in [-0.39, 0.29) is 11.6 Å². The van der Waals surface area contributed by atoms with Crippen molar-refractivity contribution in [3.05, 3.63) is 54.2 Å². The molecule has 7 heteroatoms. The Kier molecular flexibility index (Phi) is 4.54. The van der Waals surface area contributed by atoms with Crippen molar-refractivity contribution in [2.45, 2.75) is 11.6 Å². The van der Waals surface area contributed by atoms with Gasteiger partial charge in [-0.1, -0.05) is 30.3 Å². The molecule has 0 aliphatic carbocycles. The number of carbonyl (C=O) groups excluding carboxylic acids is 1. The van der Waals surface area contributed by atoms with Crippen LogP contribution in [0.1, 0.15) is 5.56 Å². The molecule has 1 atom stereocenters. The summed E-state index contributed by atoms with van der Waals surface area (Å²) in [5.41, 5.74) is 1.27. The average Bonchev–Trinajstić information content (AvgIpc) is 2.46. The van der Waals surface area contributed by atoms with E-state index in [2.05, 4.69) is 10.3 Å². The second kappa shape index (κ2) is 6.36. The summed E-state index contributed by atoms with van der Waals surface area (Å²) in [4.78, 5) is 15.5. The average molecular weight is 305 g/mol. The number of pyridine rings is 1. The van der Waals surface area contributed by atoms with Crippen LogP contribution in [0.3, 0.4) is 0 Å². The first-order valence-corrected chi connectivity index (χ1v) is 8.09. The van der Waals surface area contributed by atoms with E-state index in [1.165, 1.54) is 18.5 Å². The summed E-state index contributed by atoms with van der Waals surface area (Å²) in [6, 6.07) is 12.2. The van der Waals surface area contributed by atoms with Crippen LogP contribution in [0.2, 0.25) is 0 Å². The summed E-state index contributed by atoms with van der Waals surface area (Å²) in [6.45, 7) is 0.160. The highest BCUT2D eigenvalue weighted by Crippen LogP contribution is 2.13. The topological polar surface area (TPSA) is 92.1 Å². The van der Waals surface area contributed by atoms with Crippen LogP contribution in [0, 0.1) is 4.78 Å². The molecule has 1 heterocycles. The first kappa shape index (κ1) is 15.0. The summed E-state index contributed by atoms with van der Waals surface area (Å²) in [5.74, 6) is 0. The van der Waals surface area contributed by atoms with E-state index >= 15 is 0 Å². The van der Waals surface area contributed by atoms with Gasteiger partial charge in [0.2, 0.25) is 0 Å². The van der Waals surface area contributed by atoms with E-state index in [1.807, 2.05) is 30.3 Å². The minimum Gasteiger partial charge on any atom is -0.444 e. The van der Waals surface area contributed by atoms with Gasteiger partial charge >= 0.3 is 6.09 Å². The van der Waals surface area contributed by atoms with Crippen molar-refractivity contribution in [2.75, 3.05) is 11.6 Å². The maximum absolute atomic E-state index is 11.7. The van der Waals surface area contributed by atoms with Crippen LogP contribution in [0.4, 0.5) is 10.5 Å². The van der Waals surface area contributed by atoms with Gasteiger partial charge < -0.3 is 4.74 Å². The lowest BCUT2D eigenvalue weighted by molar-refractivity contribution is 0.155. The molecule has 1 unspecified atom stereocenters. The van der Waals surface area contributed by atoms with Crippen LogP contribution >= 0.6 is 0 Å². The van der Waals surface area contributed by atoms with E-state index in [0.717, 1.165) is 5.56 Å². The second-order valence-corrected chi connectivity index (χ2v) is 6.52. The van der Waals surface area contributed by atoms with Crippen LogP contribution in [0.5, 0.6) is 0 Å². The largest absolute Gasteiger partial charge is 0.444 e. The predicted molar refractivity (Wildman–Crippen MR) is 79.5 cm³/mol. The Morgan fingerprint density at radius 2 is 2.05 bits per heavy atom. The highest BCUT2D eigenvalue weighted by Gasteiger charge is 2.08. The molecule has 0 bridgehead atoms. The molecule has 2 aromatic rings. The highest BCUT2D eigenvalue weighted by atomic mass is 32.2. The zero-order chi connectivity index (χ0) is 15.3. The van der Waals surface area contributed by atoms with Crippen molar-refractivity contribution < 1.29 is 13.7 Å². The Morgan fingerprint density at radius 3 is 2.71 bits per heavy atom. The van der Waals surface area contributed by atoms with E-state index in [0.29, 0.717) is 5.69 Å². The van der Waals surface area contributed by atoms with Crippen LogP contribution in [0.25, 0.3) is 0 Å². The number of benzene rings is 1. The minimum atomic E-state index is -2.92. The third-order valence-electron chi connectivity index (χ3n) is 2.59. The van der Waals surface area contributed by atoms with Gasteiger partial charge in [0.15, 0.2) is 0 Å². The molecule has 0 aliphatic rings. The molecule has 1 aromatic heterocycles. The fourth-order valence-corrected chi connectivity index (χ4v) is 2.19. The predicted octanol–water partition coefficient (Wildman–Crippen LogP) is 2.87. The third kappa shape index (κ3) is 4.57. The highest BCUT2D eigenvalue weighted by molar-refractivity contribution is 7.91. The van der Waals surface area contributed by atoms with E-state index in [9.17, 15) is 9.00 Å². The summed E-state index contributed by atoms with van der Waals surface area (Å²) in [6.07, 6.45) is 2.04. The Labute approximate surface area is 123 Å². The minimum absolute atomic E-state index is 0.114. The molecule has 0 saturated heterocycles. The smallest absolute Gasteiger partial charge is 0.411 e. The Balaban J connectivity index is 1.97. The SMILES string of the molecule is CS(=N)(=O)c1cc(NC(=O)OCc2ccccc2)ccn1. The van der Waals surface area contributed by atoms with Gasteiger partial charge in [-0.05, 0) is 17.7 Å². The fourth-order valence-electron chi connectivity index (χ4n) is 1.58. The molecular formula is C14H15N3O3S. The standard InChI is InChI=1S/C14H15N3O3S/c1-21(15,19)13-9-12(7-8-16-13)17-14(18)20-10-11-5-3-2-4-6-11/h2-9,15H,10H2,1H3,(H,16,17,18). The van der Waals surface area contributed by atoms with Crippen LogP contribution < -0.4 is 5.32 Å². The number of rotatable bonds is 4. The molecule has 110 valence electrons. The molecule has 0 fully saturated rings. The number of anilines is 1. The van der Waals surface area contributed by atoms with Gasteiger partial charge in [-0.2, -0.15) is 0 Å². The Bertz CT molecular complexity index is 730. The molecule has 0 saturated carbocycles. The molecule has 0 spiro atoms. The van der Waals surface area contributed by atoms with Gasteiger partial charge in [-0.25, -0.2) is 18.8 Å². The lowest BCUT2D eigenvalue weighted by Crippen LogP contribution is -2.14. The van der Waals surface area contributed by atoms with Gasteiger partial charge in [0.05, 0.1) is 9.73 Å². The summed E-state index contributed by atoms with van der Waals surface area (Å²) >= 11 is 0. The van der Waals surface area contributed by atoms with Gasteiger partial charge in [-0.3, -0.25) is 5.32 Å². The van der Waals surface area contributed by atoms with Crippen molar-refractivity contribution in [2.24, 2.45) is 0 Å². The molecule has 0 aliphatic heterocycles. The number of hydrogen-bond acceptors (Lipinski definition) is 5. The molecule has 2 N–H and O–H groups in total. The summed E-state index contributed by atoms with van der Waals surface area (Å²) in [7, 11) is -2.92. The van der Waals surface area contributed by atoms with E-state index in [4.69, 9.17) is 9.52 Å². The third-order valence-corrected chi connectivity index (χ3v) is 3.61. The van der Waals surface area contributed by atoms with E-state index in [1.54, 1.807) is 6.07 Å². The molecular weight excluding hydrogens is 290 g/mol. The molecule has 6 nitrogen and oxygen atoms in total. The number of amides is 1. The number of aromatic nitrogens is 1. The van der Waals surface area contributed by atoms with Crippen LogP contribution in [-0.4, -0.2) is 21.5 Å². The van der Waals surface area contributed by atoms with Gasteiger partial charge in [0.1, 0.15) is 11.6 Å². The monoisotopic (exact) mass is 305 g/mol. The normalized spacial score (nSPS) is 13.2. The van der Waals surface area contributed by atoms with Crippen molar-refractivity contribution in [3.63, 3.8) is 0 Å². The first-order chi connectivity index (χ1) is 9.95. The first-order valence-electron chi connectivity index (χ1n) is 6.13. The quantitative estimate of drug-likeness (QED) is 0.908. The fraction of sp³-hybridized carbons (Fsp3) is 0.143. The molecule has 21 heavy (non-hydrogen) atoms. The second-order valence-electron chi connectivity index (χ2n) is 4.41. The van der Waals surface area contributed by atoms with E-state index < -0.39 is 15.8 Å². The maximum atomic E-state index is 11.7. The molecule has 2 rings (SSSR count). The number of hydrogen-bond donors (Lipinski definition) is 2. The zero-order valence-corrected chi connectivity index (χ0v) is 12.2. The number of nitrogens with zero attached hydrogens (tertiary/aromatic N) is 1. The Hall–Kier alpha value is -2.41. The number of nitrogens with one attached hydrogen (secondary N) is 2. The van der Waals surface area contributed by atoms with Crippen molar-refractivity contribution in [1.29, 1.82) is 4.78 Å². The summed E-state index contributed by atoms with van der Waals surface area (Å²) < 4.78 is 24.1. The summed E-state index contributed by atoms with van der Waals surface area (Å²) in [5, 5.41) is 2.63. The maximum Gasteiger partial charge on any atom is 0.411 e. The lowest BCUT2D eigenvalue weighted by Gasteiger charge is -2.08. The van der Waals surface area contributed by atoms with Crippen molar-refractivity contribution in [3.8, 4) is 0 Å². The molecule has 1 amide bonds.